The minimum atomic E-state index is -0.996. The van der Waals surface area contributed by atoms with Crippen molar-refractivity contribution in [3.8, 4) is 11.3 Å². The van der Waals surface area contributed by atoms with E-state index in [2.05, 4.69) is 21.9 Å². The molecule has 128 valence electrons. The summed E-state index contributed by atoms with van der Waals surface area (Å²) >= 11 is 0. The fraction of sp³-hybridized carbons (Fsp3) is 0.412. The fourth-order valence-corrected chi connectivity index (χ4v) is 3.22. The molecule has 0 saturated carbocycles. The highest BCUT2D eigenvalue weighted by molar-refractivity contribution is 7.84. The van der Waals surface area contributed by atoms with Crippen molar-refractivity contribution in [2.75, 3.05) is 39.5 Å². The number of hydrogen-bond donors (Lipinski definition) is 0. The van der Waals surface area contributed by atoms with E-state index >= 15 is 0 Å². The number of nitrogens with zero attached hydrogens (tertiary/aromatic N) is 4. The van der Waals surface area contributed by atoms with E-state index in [4.69, 9.17) is 0 Å². The fourth-order valence-electron chi connectivity index (χ4n) is 2.70. The van der Waals surface area contributed by atoms with Gasteiger partial charge in [-0.15, -0.1) is 0 Å². The molecule has 0 spiro atoms. The Morgan fingerprint density at radius 3 is 2.33 bits per heavy atom. The minimum Gasteiger partial charge on any atom is -0.304 e. The summed E-state index contributed by atoms with van der Waals surface area (Å²) < 4.78 is 13.0. The number of rotatable bonds is 4. The number of aromatic nitrogens is 2. The van der Waals surface area contributed by atoms with Gasteiger partial charge in [0.2, 0.25) is 0 Å². The van der Waals surface area contributed by atoms with Crippen molar-refractivity contribution in [2.24, 2.45) is 0 Å². The first kappa shape index (κ1) is 17.0. The molecule has 1 aliphatic heterocycles. The molecular formula is C17H22N4O2S. The van der Waals surface area contributed by atoms with Crippen molar-refractivity contribution in [2.45, 2.75) is 11.6 Å². The smallest absolute Gasteiger partial charge is 0.268 e. The van der Waals surface area contributed by atoms with E-state index in [1.54, 1.807) is 18.4 Å². The average molecular weight is 346 g/mol. The lowest BCUT2D eigenvalue weighted by molar-refractivity contribution is 0.117. The van der Waals surface area contributed by atoms with E-state index in [-0.39, 0.29) is 5.56 Å². The molecule has 1 aliphatic rings. The van der Waals surface area contributed by atoms with Crippen molar-refractivity contribution in [3.63, 3.8) is 0 Å². The maximum atomic E-state index is 12.1. The van der Waals surface area contributed by atoms with E-state index in [1.807, 2.05) is 24.3 Å². The number of likely N-dealkylation sites (N-methyl/N-ethyl adjacent to an activating group) is 1. The predicted octanol–water partition coefficient (Wildman–Crippen LogP) is 0.853. The Morgan fingerprint density at radius 1 is 1.04 bits per heavy atom. The molecule has 0 bridgehead atoms. The topological polar surface area (TPSA) is 58.4 Å². The molecule has 0 amide bonds. The molecule has 0 aliphatic carbocycles. The van der Waals surface area contributed by atoms with E-state index in [9.17, 15) is 9.00 Å². The van der Waals surface area contributed by atoms with Gasteiger partial charge in [0.15, 0.2) is 0 Å². The van der Waals surface area contributed by atoms with Crippen LogP contribution in [0.1, 0.15) is 0 Å². The number of piperazine rings is 1. The Labute approximate surface area is 144 Å². The summed E-state index contributed by atoms with van der Waals surface area (Å²) in [6, 6.07) is 10.8. The molecule has 0 radical (unpaired) electrons. The lowest BCUT2D eigenvalue weighted by Crippen LogP contribution is -2.46. The van der Waals surface area contributed by atoms with Gasteiger partial charge in [0, 0.05) is 59.8 Å². The summed E-state index contributed by atoms with van der Waals surface area (Å²) in [5.74, 6) is 0. The molecule has 2 heterocycles. The first-order chi connectivity index (χ1) is 11.5. The lowest BCUT2D eigenvalue weighted by Gasteiger charge is -2.32. The summed E-state index contributed by atoms with van der Waals surface area (Å²) in [7, 11) is 1.11. The average Bonchev–Trinajstić information content (AvgIpc) is 2.59. The Morgan fingerprint density at radius 2 is 1.71 bits per heavy atom. The molecular weight excluding hydrogens is 324 g/mol. The zero-order valence-electron chi connectivity index (χ0n) is 14.0. The van der Waals surface area contributed by atoms with Crippen molar-refractivity contribution >= 4 is 10.8 Å². The largest absolute Gasteiger partial charge is 0.304 e. The van der Waals surface area contributed by atoms with Crippen molar-refractivity contribution < 1.29 is 4.21 Å². The molecule has 1 unspecified atom stereocenters. The Kier molecular flexibility index (Phi) is 5.23. The van der Waals surface area contributed by atoms with Crippen molar-refractivity contribution in [1.82, 2.24) is 19.6 Å². The van der Waals surface area contributed by atoms with E-state index in [0.717, 1.165) is 42.3 Å². The molecule has 6 nitrogen and oxygen atoms in total. The van der Waals surface area contributed by atoms with Gasteiger partial charge in [-0.2, -0.15) is 5.10 Å². The maximum absolute atomic E-state index is 12.1. The highest BCUT2D eigenvalue weighted by atomic mass is 32.2. The first-order valence-corrected chi connectivity index (χ1v) is 9.52. The SMILES string of the molecule is CN1CCN(Cn2nc(-c3ccc(S(C)=O)cc3)ccc2=O)CC1. The van der Waals surface area contributed by atoms with Crippen LogP contribution < -0.4 is 5.56 Å². The van der Waals surface area contributed by atoms with Crippen LogP contribution in [0.15, 0.2) is 46.1 Å². The molecule has 1 atom stereocenters. The lowest BCUT2D eigenvalue weighted by atomic mass is 10.1. The van der Waals surface area contributed by atoms with Gasteiger partial charge >= 0.3 is 0 Å². The summed E-state index contributed by atoms with van der Waals surface area (Å²) in [5.41, 5.74) is 1.57. The summed E-state index contributed by atoms with van der Waals surface area (Å²) in [6.45, 7) is 4.39. The summed E-state index contributed by atoms with van der Waals surface area (Å²) in [4.78, 5) is 17.4. The van der Waals surface area contributed by atoms with Crippen LogP contribution in [0.2, 0.25) is 0 Å². The molecule has 0 N–H and O–H groups in total. The standard InChI is InChI=1S/C17H22N4O2S/c1-19-9-11-20(12-10-19)13-21-17(22)8-7-16(18-21)14-3-5-15(6-4-14)24(2)23/h3-8H,9-13H2,1-2H3. The van der Waals surface area contributed by atoms with Crippen LogP contribution in [0, 0.1) is 0 Å². The normalized spacial score (nSPS) is 17.8. The van der Waals surface area contributed by atoms with Gasteiger partial charge in [0.05, 0.1) is 12.4 Å². The third-order valence-corrected chi connectivity index (χ3v) is 5.21. The van der Waals surface area contributed by atoms with Gasteiger partial charge in [-0.1, -0.05) is 12.1 Å². The van der Waals surface area contributed by atoms with Crippen LogP contribution in [-0.4, -0.2) is 63.3 Å². The van der Waals surface area contributed by atoms with Crippen LogP contribution >= 0.6 is 0 Å². The molecule has 7 heteroatoms. The molecule has 24 heavy (non-hydrogen) atoms. The second kappa shape index (κ2) is 7.38. The van der Waals surface area contributed by atoms with Crippen LogP contribution in [0.4, 0.5) is 0 Å². The highest BCUT2D eigenvalue weighted by Gasteiger charge is 2.15. The van der Waals surface area contributed by atoms with Crippen molar-refractivity contribution in [1.29, 1.82) is 0 Å². The summed E-state index contributed by atoms with van der Waals surface area (Å²) in [5, 5.41) is 4.50. The quantitative estimate of drug-likeness (QED) is 0.822. The zero-order chi connectivity index (χ0) is 17.1. The van der Waals surface area contributed by atoms with Crippen LogP contribution in [0.5, 0.6) is 0 Å². The molecule has 1 aromatic carbocycles. The van der Waals surface area contributed by atoms with E-state index in [1.165, 1.54) is 4.68 Å². The van der Waals surface area contributed by atoms with Crippen LogP contribution in [-0.2, 0) is 17.5 Å². The zero-order valence-corrected chi connectivity index (χ0v) is 14.8. The van der Waals surface area contributed by atoms with E-state index < -0.39 is 10.8 Å². The number of benzene rings is 1. The molecule has 1 saturated heterocycles. The third kappa shape index (κ3) is 3.98. The predicted molar refractivity (Wildman–Crippen MR) is 95.3 cm³/mol. The first-order valence-electron chi connectivity index (χ1n) is 7.96. The molecule has 1 aromatic heterocycles. The van der Waals surface area contributed by atoms with Gasteiger partial charge in [-0.25, -0.2) is 4.68 Å². The number of hydrogen-bond acceptors (Lipinski definition) is 5. The second-order valence-corrected chi connectivity index (χ2v) is 7.48. The second-order valence-electron chi connectivity index (χ2n) is 6.10. The van der Waals surface area contributed by atoms with Gasteiger partial charge in [-0.3, -0.25) is 13.9 Å². The highest BCUT2D eigenvalue weighted by Crippen LogP contribution is 2.17. The van der Waals surface area contributed by atoms with Crippen molar-refractivity contribution in [3.05, 3.63) is 46.8 Å². The minimum absolute atomic E-state index is 0.0936. The molecule has 3 rings (SSSR count). The van der Waals surface area contributed by atoms with Gasteiger partial charge in [-0.05, 0) is 25.2 Å². The van der Waals surface area contributed by atoms with Gasteiger partial charge in [0.25, 0.3) is 5.56 Å². The Balaban J connectivity index is 1.80. The van der Waals surface area contributed by atoms with Crippen LogP contribution in [0.25, 0.3) is 11.3 Å². The Bertz CT molecular complexity index is 780. The monoisotopic (exact) mass is 346 g/mol. The summed E-state index contributed by atoms with van der Waals surface area (Å²) in [6.07, 6.45) is 1.66. The molecule has 1 fully saturated rings. The van der Waals surface area contributed by atoms with Crippen LogP contribution in [0.3, 0.4) is 0 Å². The third-order valence-electron chi connectivity index (χ3n) is 4.28. The van der Waals surface area contributed by atoms with E-state index in [0.29, 0.717) is 6.67 Å². The maximum Gasteiger partial charge on any atom is 0.268 e. The van der Waals surface area contributed by atoms with Gasteiger partial charge in [0.1, 0.15) is 0 Å². The Hall–Kier alpha value is -1.83. The molecule has 2 aromatic rings. The van der Waals surface area contributed by atoms with Gasteiger partial charge < -0.3 is 4.90 Å².